The van der Waals surface area contributed by atoms with Gasteiger partial charge in [-0.3, -0.25) is 0 Å². The average Bonchev–Trinajstić information content (AvgIpc) is 2.45. The number of ether oxygens (including phenoxy) is 2. The number of rotatable bonds is 8. The summed E-state index contributed by atoms with van der Waals surface area (Å²) in [5.74, 6) is 1.66. The maximum Gasteiger partial charge on any atom is 0.166 e. The summed E-state index contributed by atoms with van der Waals surface area (Å²) in [6.45, 7) is 8.75. The Bertz CT molecular complexity index is 454. The second kappa shape index (κ2) is 10.0. The fourth-order valence-corrected chi connectivity index (χ4v) is 1.74. The van der Waals surface area contributed by atoms with Crippen molar-refractivity contribution in [3.8, 4) is 11.5 Å². The van der Waals surface area contributed by atoms with Crippen LogP contribution < -0.4 is 20.1 Å². The number of benzene rings is 1. The minimum atomic E-state index is 0.559. The van der Waals surface area contributed by atoms with Crippen LogP contribution in [-0.2, 0) is 0 Å². The zero-order chi connectivity index (χ0) is 15.5. The highest BCUT2D eigenvalue weighted by atomic mass is 32.1. The van der Waals surface area contributed by atoms with Crippen LogP contribution in [-0.4, -0.2) is 31.4 Å². The van der Waals surface area contributed by atoms with Gasteiger partial charge in [-0.05, 0) is 63.3 Å². The van der Waals surface area contributed by atoms with E-state index in [2.05, 4.69) is 24.5 Å². The second-order valence-electron chi connectivity index (χ2n) is 4.70. The molecule has 116 valence electrons. The highest BCUT2D eigenvalue weighted by Crippen LogP contribution is 2.17. The largest absolute Gasteiger partial charge is 0.492 e. The van der Waals surface area contributed by atoms with Gasteiger partial charge in [0.25, 0.3) is 0 Å². The Morgan fingerprint density at radius 3 is 2.29 bits per heavy atom. The highest BCUT2D eigenvalue weighted by Gasteiger charge is 1.97. The average molecular weight is 308 g/mol. The molecular formula is C16H24N2O2S. The van der Waals surface area contributed by atoms with Gasteiger partial charge in [-0.15, -0.1) is 0 Å². The van der Waals surface area contributed by atoms with E-state index in [-0.39, 0.29) is 0 Å². The minimum Gasteiger partial charge on any atom is -0.492 e. The van der Waals surface area contributed by atoms with Gasteiger partial charge in [-0.2, -0.15) is 0 Å². The third-order valence-corrected chi connectivity index (χ3v) is 2.85. The van der Waals surface area contributed by atoms with E-state index in [0.717, 1.165) is 18.0 Å². The van der Waals surface area contributed by atoms with Crippen LogP contribution in [0.3, 0.4) is 0 Å². The molecule has 0 atom stereocenters. The normalized spacial score (nSPS) is 9.67. The molecule has 1 aromatic rings. The van der Waals surface area contributed by atoms with E-state index in [1.807, 2.05) is 37.3 Å². The summed E-state index contributed by atoms with van der Waals surface area (Å²) in [5.41, 5.74) is 1.25. The van der Waals surface area contributed by atoms with E-state index in [1.54, 1.807) is 0 Å². The summed E-state index contributed by atoms with van der Waals surface area (Å²) in [4.78, 5) is 0. The molecule has 0 spiro atoms. The lowest BCUT2D eigenvalue weighted by atomic mass is 10.3. The predicted octanol–water partition coefficient (Wildman–Crippen LogP) is 2.89. The Balaban J connectivity index is 2.25. The van der Waals surface area contributed by atoms with Crippen molar-refractivity contribution in [1.29, 1.82) is 0 Å². The molecule has 0 aromatic heterocycles. The molecule has 0 amide bonds. The van der Waals surface area contributed by atoms with Crippen LogP contribution >= 0.6 is 12.2 Å². The molecule has 0 aliphatic carbocycles. The van der Waals surface area contributed by atoms with Gasteiger partial charge >= 0.3 is 0 Å². The molecule has 21 heavy (non-hydrogen) atoms. The molecular weight excluding hydrogens is 284 g/mol. The zero-order valence-electron chi connectivity index (χ0n) is 12.9. The monoisotopic (exact) mass is 308 g/mol. The van der Waals surface area contributed by atoms with Crippen molar-refractivity contribution in [2.75, 3.05) is 26.3 Å². The maximum atomic E-state index is 5.61. The van der Waals surface area contributed by atoms with E-state index in [1.165, 1.54) is 5.57 Å². The van der Waals surface area contributed by atoms with Crippen LogP contribution in [0.5, 0.6) is 11.5 Å². The molecule has 4 nitrogen and oxygen atoms in total. The molecule has 2 N–H and O–H groups in total. The zero-order valence-corrected chi connectivity index (χ0v) is 13.8. The van der Waals surface area contributed by atoms with Crippen molar-refractivity contribution in [2.45, 2.75) is 20.8 Å². The summed E-state index contributed by atoms with van der Waals surface area (Å²) < 4.78 is 11.2. The van der Waals surface area contributed by atoms with Gasteiger partial charge in [-0.25, -0.2) is 0 Å². The van der Waals surface area contributed by atoms with Crippen molar-refractivity contribution in [1.82, 2.24) is 10.6 Å². The first-order valence-corrected chi connectivity index (χ1v) is 7.53. The molecule has 0 radical (unpaired) electrons. The Morgan fingerprint density at radius 2 is 1.71 bits per heavy atom. The Kier molecular flexibility index (Phi) is 8.28. The van der Waals surface area contributed by atoms with Crippen LogP contribution in [0.25, 0.3) is 0 Å². The van der Waals surface area contributed by atoms with Gasteiger partial charge in [0.2, 0.25) is 0 Å². The molecule has 1 rings (SSSR count). The van der Waals surface area contributed by atoms with Crippen LogP contribution in [0.1, 0.15) is 20.8 Å². The van der Waals surface area contributed by atoms with Gasteiger partial charge in [0, 0.05) is 6.54 Å². The number of thiocarbonyl (C=S) groups is 1. The van der Waals surface area contributed by atoms with E-state index in [9.17, 15) is 0 Å². The maximum absolute atomic E-state index is 5.61. The summed E-state index contributed by atoms with van der Waals surface area (Å²) in [5, 5.41) is 6.75. The van der Waals surface area contributed by atoms with Gasteiger partial charge in [0.05, 0.1) is 6.54 Å². The summed E-state index contributed by atoms with van der Waals surface area (Å²) >= 11 is 5.06. The highest BCUT2D eigenvalue weighted by molar-refractivity contribution is 7.80. The molecule has 0 fully saturated rings. The van der Waals surface area contributed by atoms with Crippen molar-refractivity contribution in [3.05, 3.63) is 35.9 Å². The molecule has 1 aromatic carbocycles. The number of allylic oxidation sites excluding steroid dienone is 1. The molecule has 0 saturated heterocycles. The number of hydrogen-bond donors (Lipinski definition) is 2. The predicted molar refractivity (Wildman–Crippen MR) is 91.1 cm³/mol. The Labute approximate surface area is 132 Å². The lowest BCUT2D eigenvalue weighted by Gasteiger charge is -2.10. The van der Waals surface area contributed by atoms with E-state index >= 15 is 0 Å². The lowest BCUT2D eigenvalue weighted by Crippen LogP contribution is -2.37. The molecule has 0 bridgehead atoms. The van der Waals surface area contributed by atoms with E-state index in [4.69, 9.17) is 21.7 Å². The molecule has 0 aliphatic heterocycles. The van der Waals surface area contributed by atoms with Crippen LogP contribution in [0.2, 0.25) is 0 Å². The first-order chi connectivity index (χ1) is 10.1. The Hall–Kier alpha value is -1.75. The molecule has 0 heterocycles. The second-order valence-corrected chi connectivity index (χ2v) is 5.11. The van der Waals surface area contributed by atoms with Gasteiger partial charge in [-0.1, -0.05) is 5.57 Å². The van der Waals surface area contributed by atoms with Gasteiger partial charge in [0.1, 0.15) is 24.7 Å². The summed E-state index contributed by atoms with van der Waals surface area (Å²) in [7, 11) is 0. The topological polar surface area (TPSA) is 42.5 Å². The van der Waals surface area contributed by atoms with E-state index < -0.39 is 0 Å². The fourth-order valence-electron chi connectivity index (χ4n) is 1.49. The smallest absolute Gasteiger partial charge is 0.166 e. The third kappa shape index (κ3) is 8.19. The molecule has 0 unspecified atom stereocenters. The lowest BCUT2D eigenvalue weighted by molar-refractivity contribution is 0.320. The van der Waals surface area contributed by atoms with Crippen molar-refractivity contribution in [2.24, 2.45) is 0 Å². The molecule has 5 heteroatoms. The first-order valence-electron chi connectivity index (χ1n) is 7.12. The standard InChI is InChI=1S/C16H24N2O2S/c1-4-17-16(21)18-10-12-20-15-7-5-14(6-8-15)19-11-9-13(2)3/h5-9H,4,10-12H2,1-3H3,(H2,17,18,21). The van der Waals surface area contributed by atoms with E-state index in [0.29, 0.717) is 24.9 Å². The van der Waals surface area contributed by atoms with Crippen molar-refractivity contribution in [3.63, 3.8) is 0 Å². The minimum absolute atomic E-state index is 0.559. The summed E-state index contributed by atoms with van der Waals surface area (Å²) in [6.07, 6.45) is 2.04. The first kappa shape index (κ1) is 17.3. The van der Waals surface area contributed by atoms with Gasteiger partial charge in [0.15, 0.2) is 5.11 Å². The van der Waals surface area contributed by atoms with Gasteiger partial charge < -0.3 is 20.1 Å². The Morgan fingerprint density at radius 1 is 1.10 bits per heavy atom. The van der Waals surface area contributed by atoms with Crippen molar-refractivity contribution < 1.29 is 9.47 Å². The SMILES string of the molecule is CCNC(=S)NCCOc1ccc(OCC=C(C)C)cc1. The number of hydrogen-bond acceptors (Lipinski definition) is 3. The van der Waals surface area contributed by atoms with Crippen LogP contribution in [0.4, 0.5) is 0 Å². The third-order valence-electron chi connectivity index (χ3n) is 2.56. The van der Waals surface area contributed by atoms with Crippen LogP contribution in [0.15, 0.2) is 35.9 Å². The number of nitrogens with one attached hydrogen (secondary N) is 2. The van der Waals surface area contributed by atoms with Crippen molar-refractivity contribution >= 4 is 17.3 Å². The molecule has 0 aliphatic rings. The molecule has 0 saturated carbocycles. The summed E-state index contributed by atoms with van der Waals surface area (Å²) in [6, 6.07) is 7.62. The fraction of sp³-hybridized carbons (Fsp3) is 0.438. The quantitative estimate of drug-likeness (QED) is 0.439. The van der Waals surface area contributed by atoms with Crippen LogP contribution in [0, 0.1) is 0 Å².